The normalized spacial score (nSPS) is 18.5. The van der Waals surface area contributed by atoms with E-state index in [1.165, 1.54) is 38.2 Å². The number of hydrogen-bond donors (Lipinski definition) is 2. The number of carbonyl (C=O) groups excluding carboxylic acids is 2. The minimum absolute atomic E-state index is 0.0612. The summed E-state index contributed by atoms with van der Waals surface area (Å²) in [7, 11) is 0. The van der Waals surface area contributed by atoms with E-state index in [9.17, 15) is 9.59 Å². The van der Waals surface area contributed by atoms with Crippen molar-refractivity contribution in [3.63, 3.8) is 0 Å². The zero-order valence-corrected chi connectivity index (χ0v) is 26.1. The lowest BCUT2D eigenvalue weighted by Gasteiger charge is -2.30. The maximum absolute atomic E-state index is 13.0. The Morgan fingerprint density at radius 1 is 0.976 bits per heavy atom. The maximum Gasteiger partial charge on any atom is 0.323 e. The van der Waals surface area contributed by atoms with Crippen molar-refractivity contribution >= 4 is 18.0 Å². The van der Waals surface area contributed by atoms with Gasteiger partial charge in [-0.2, -0.15) is 0 Å². The predicted molar refractivity (Wildman–Crippen MR) is 166 cm³/mol. The summed E-state index contributed by atoms with van der Waals surface area (Å²) < 4.78 is 17.4. The van der Waals surface area contributed by atoms with Crippen LogP contribution in [0.4, 0.5) is 0 Å². The smallest absolute Gasteiger partial charge is 0.323 e. The van der Waals surface area contributed by atoms with Crippen molar-refractivity contribution in [2.45, 2.75) is 123 Å². The summed E-state index contributed by atoms with van der Waals surface area (Å²) >= 11 is 0. The summed E-state index contributed by atoms with van der Waals surface area (Å²) in [5.41, 5.74) is 3.29. The van der Waals surface area contributed by atoms with Crippen molar-refractivity contribution in [3.8, 4) is 5.75 Å². The van der Waals surface area contributed by atoms with Gasteiger partial charge in [0.1, 0.15) is 17.9 Å². The third-order valence-corrected chi connectivity index (χ3v) is 8.21. The maximum atomic E-state index is 13.0. The molecule has 2 aliphatic rings. The largest absolute Gasteiger partial charge is 0.494 e. The SMILES string of the molecule is CCCCC(C)COC(C)ONC(=O)/C=C/c1ccc(OCCCN[C@H](C(=O)OC2CCCC2)C2CCCCC2)cc1. The molecular weight excluding hydrogens is 532 g/mol. The lowest BCUT2D eigenvalue weighted by Crippen LogP contribution is -2.46. The first-order valence-electron chi connectivity index (χ1n) is 16.4. The number of hydroxylamine groups is 1. The second-order valence-corrected chi connectivity index (χ2v) is 12.0. The Hall–Kier alpha value is -2.42. The molecule has 0 bridgehead atoms. The highest BCUT2D eigenvalue weighted by molar-refractivity contribution is 5.90. The molecule has 0 aromatic heterocycles. The number of rotatable bonds is 19. The molecule has 2 saturated carbocycles. The topological polar surface area (TPSA) is 95.1 Å². The van der Waals surface area contributed by atoms with Gasteiger partial charge in [-0.05, 0) is 100 Å². The van der Waals surface area contributed by atoms with E-state index < -0.39 is 6.29 Å². The molecule has 2 aliphatic carbocycles. The summed E-state index contributed by atoms with van der Waals surface area (Å²) in [5, 5.41) is 3.50. The molecule has 1 aromatic carbocycles. The van der Waals surface area contributed by atoms with Crippen LogP contribution >= 0.6 is 0 Å². The van der Waals surface area contributed by atoms with E-state index in [-0.39, 0.29) is 24.0 Å². The highest BCUT2D eigenvalue weighted by Crippen LogP contribution is 2.29. The number of hydrogen-bond acceptors (Lipinski definition) is 7. The fourth-order valence-electron chi connectivity index (χ4n) is 5.67. The average molecular weight is 587 g/mol. The number of esters is 1. The summed E-state index contributed by atoms with van der Waals surface area (Å²) in [6.45, 7) is 7.97. The van der Waals surface area contributed by atoms with Crippen LogP contribution in [0, 0.1) is 11.8 Å². The Labute approximate surface area is 253 Å². The summed E-state index contributed by atoms with van der Waals surface area (Å²) in [4.78, 5) is 30.4. The van der Waals surface area contributed by atoms with Crippen molar-refractivity contribution in [3.05, 3.63) is 35.9 Å². The van der Waals surface area contributed by atoms with Gasteiger partial charge in [0, 0.05) is 6.08 Å². The second kappa shape index (κ2) is 19.7. The highest BCUT2D eigenvalue weighted by Gasteiger charge is 2.32. The minimum Gasteiger partial charge on any atom is -0.494 e. The number of unbranched alkanes of at least 4 members (excludes halogenated alkanes) is 1. The van der Waals surface area contributed by atoms with Gasteiger partial charge < -0.3 is 19.5 Å². The molecular formula is C34H54N2O6. The van der Waals surface area contributed by atoms with E-state index in [1.54, 1.807) is 13.0 Å². The third-order valence-electron chi connectivity index (χ3n) is 8.21. The van der Waals surface area contributed by atoms with Crippen LogP contribution in [0.25, 0.3) is 6.08 Å². The van der Waals surface area contributed by atoms with E-state index in [0.717, 1.165) is 62.7 Å². The Morgan fingerprint density at radius 3 is 2.40 bits per heavy atom. The van der Waals surface area contributed by atoms with Crippen LogP contribution in [0.2, 0.25) is 0 Å². The molecule has 236 valence electrons. The fourth-order valence-corrected chi connectivity index (χ4v) is 5.67. The molecule has 8 nitrogen and oxygen atoms in total. The van der Waals surface area contributed by atoms with Crippen LogP contribution in [0.5, 0.6) is 5.75 Å². The third kappa shape index (κ3) is 13.3. The Kier molecular flexibility index (Phi) is 16.0. The van der Waals surface area contributed by atoms with Crippen molar-refractivity contribution in [1.29, 1.82) is 0 Å². The minimum atomic E-state index is -0.512. The molecule has 8 heteroatoms. The lowest BCUT2D eigenvalue weighted by atomic mass is 9.84. The molecule has 0 heterocycles. The molecule has 42 heavy (non-hydrogen) atoms. The summed E-state index contributed by atoms with van der Waals surface area (Å²) in [6, 6.07) is 7.37. The van der Waals surface area contributed by atoms with E-state index in [1.807, 2.05) is 24.3 Å². The monoisotopic (exact) mass is 586 g/mol. The van der Waals surface area contributed by atoms with Crippen LogP contribution in [0.15, 0.2) is 30.3 Å². The summed E-state index contributed by atoms with van der Waals surface area (Å²) in [6.07, 6.45) is 17.2. The number of carbonyl (C=O) groups is 2. The van der Waals surface area contributed by atoms with E-state index in [2.05, 4.69) is 24.6 Å². The molecule has 1 amide bonds. The molecule has 2 unspecified atom stereocenters. The summed E-state index contributed by atoms with van der Waals surface area (Å²) in [5.74, 6) is 1.18. The second-order valence-electron chi connectivity index (χ2n) is 12.0. The molecule has 1 aromatic rings. The first-order valence-corrected chi connectivity index (χ1v) is 16.4. The standard InChI is InChI=1S/C34H54N2O6/c1-4-5-12-26(2)25-40-27(3)42-36-32(37)22-19-28-17-20-30(21-18-28)39-24-11-23-35-33(29-13-7-6-8-14-29)34(38)41-31-15-9-10-16-31/h17-22,26-27,29,31,33,35H,4-16,23-25H2,1-3H3,(H,36,37)/b22-19+/t26?,27?,33-/m0/s1. The molecule has 2 fully saturated rings. The van der Waals surface area contributed by atoms with Crippen LogP contribution in [0.3, 0.4) is 0 Å². The first-order chi connectivity index (χ1) is 20.4. The van der Waals surface area contributed by atoms with E-state index >= 15 is 0 Å². The Morgan fingerprint density at radius 2 is 1.69 bits per heavy atom. The van der Waals surface area contributed by atoms with Crippen molar-refractivity contribution in [1.82, 2.24) is 10.8 Å². The molecule has 0 radical (unpaired) electrons. The average Bonchev–Trinajstić information content (AvgIpc) is 3.52. The number of amides is 1. The highest BCUT2D eigenvalue weighted by atomic mass is 16.8. The van der Waals surface area contributed by atoms with Crippen molar-refractivity contribution in [2.75, 3.05) is 19.8 Å². The molecule has 2 N–H and O–H groups in total. The van der Waals surface area contributed by atoms with Gasteiger partial charge in [0.15, 0.2) is 6.29 Å². The van der Waals surface area contributed by atoms with Gasteiger partial charge in [0.2, 0.25) is 0 Å². The van der Waals surface area contributed by atoms with Crippen LogP contribution in [0.1, 0.15) is 110 Å². The Bertz CT molecular complexity index is 924. The lowest BCUT2D eigenvalue weighted by molar-refractivity contribution is -0.181. The zero-order valence-electron chi connectivity index (χ0n) is 26.1. The predicted octanol–water partition coefficient (Wildman–Crippen LogP) is 6.73. The van der Waals surface area contributed by atoms with Gasteiger partial charge in [0.25, 0.3) is 5.91 Å². The van der Waals surface area contributed by atoms with Crippen LogP contribution in [-0.2, 0) is 23.9 Å². The van der Waals surface area contributed by atoms with Gasteiger partial charge in [0.05, 0.1) is 13.2 Å². The van der Waals surface area contributed by atoms with Crippen LogP contribution in [-0.4, -0.2) is 50.1 Å². The number of ether oxygens (including phenoxy) is 3. The molecule has 3 atom stereocenters. The van der Waals surface area contributed by atoms with Crippen molar-refractivity contribution in [2.24, 2.45) is 11.8 Å². The Balaban J connectivity index is 1.32. The molecule has 0 saturated heterocycles. The van der Waals surface area contributed by atoms with Crippen molar-refractivity contribution < 1.29 is 28.6 Å². The van der Waals surface area contributed by atoms with Gasteiger partial charge in [-0.25, -0.2) is 10.3 Å². The van der Waals surface area contributed by atoms with Crippen LogP contribution < -0.4 is 15.5 Å². The van der Waals surface area contributed by atoms with E-state index in [0.29, 0.717) is 31.6 Å². The van der Waals surface area contributed by atoms with Gasteiger partial charge in [-0.3, -0.25) is 9.59 Å². The van der Waals surface area contributed by atoms with Gasteiger partial charge in [-0.1, -0.05) is 58.1 Å². The zero-order chi connectivity index (χ0) is 30.0. The fraction of sp³-hybridized carbons (Fsp3) is 0.706. The quantitative estimate of drug-likeness (QED) is 0.0610. The molecule has 3 rings (SSSR count). The van der Waals surface area contributed by atoms with Gasteiger partial charge >= 0.3 is 5.97 Å². The molecule has 0 aliphatic heterocycles. The van der Waals surface area contributed by atoms with E-state index in [4.69, 9.17) is 19.0 Å². The number of nitrogens with one attached hydrogen (secondary N) is 2. The number of benzene rings is 1. The molecule has 0 spiro atoms. The first kappa shape index (κ1) is 34.1. The van der Waals surface area contributed by atoms with Gasteiger partial charge in [-0.15, -0.1) is 0 Å².